The Bertz CT molecular complexity index is 1410. The smallest absolute Gasteiger partial charge is 0.197 e. The highest BCUT2D eigenvalue weighted by Crippen LogP contribution is 2.38. The van der Waals surface area contributed by atoms with Crippen molar-refractivity contribution in [1.82, 2.24) is 14.6 Å². The van der Waals surface area contributed by atoms with Crippen molar-refractivity contribution in [2.45, 2.75) is 37.6 Å². The van der Waals surface area contributed by atoms with E-state index in [-0.39, 0.29) is 17.1 Å². The average molecular weight is 470 g/mol. The SMILES string of the molecule is CC1(C)Cc2c(C#N)c(Nc3ccccc3)n3c(SCC(=O)c4ccccc4)nnc3c2CO1. The van der Waals surface area contributed by atoms with Gasteiger partial charge in [-0.1, -0.05) is 60.3 Å². The van der Waals surface area contributed by atoms with E-state index in [4.69, 9.17) is 4.74 Å². The Morgan fingerprint density at radius 1 is 1.12 bits per heavy atom. The molecule has 0 bridgehead atoms. The first-order valence-electron chi connectivity index (χ1n) is 11.0. The molecule has 8 heteroatoms. The molecule has 170 valence electrons. The van der Waals surface area contributed by atoms with E-state index in [0.29, 0.717) is 40.8 Å². The number of carbonyl (C=O) groups is 1. The number of nitriles is 1. The van der Waals surface area contributed by atoms with Crippen LogP contribution in [0.3, 0.4) is 0 Å². The van der Waals surface area contributed by atoms with Crippen molar-refractivity contribution in [3.8, 4) is 6.07 Å². The number of ether oxygens (including phenoxy) is 1. The Labute approximate surface area is 201 Å². The molecule has 0 spiro atoms. The first-order chi connectivity index (χ1) is 16.5. The fraction of sp³-hybridized carbons (Fsp3) is 0.231. The third-order valence-electron chi connectivity index (χ3n) is 5.82. The first kappa shape index (κ1) is 22.1. The van der Waals surface area contributed by atoms with Crippen LogP contribution >= 0.6 is 11.8 Å². The van der Waals surface area contributed by atoms with Crippen LogP contribution in [0.1, 0.15) is 40.9 Å². The highest BCUT2D eigenvalue weighted by molar-refractivity contribution is 7.99. The van der Waals surface area contributed by atoms with Crippen LogP contribution < -0.4 is 5.32 Å². The molecule has 0 atom stereocenters. The molecule has 0 saturated heterocycles. The Morgan fingerprint density at radius 3 is 2.53 bits per heavy atom. The number of ketones is 1. The van der Waals surface area contributed by atoms with Gasteiger partial charge in [-0.2, -0.15) is 5.26 Å². The van der Waals surface area contributed by atoms with Gasteiger partial charge in [0.05, 0.1) is 23.5 Å². The second-order valence-electron chi connectivity index (χ2n) is 8.73. The summed E-state index contributed by atoms with van der Waals surface area (Å²) < 4.78 is 7.89. The Morgan fingerprint density at radius 2 is 1.82 bits per heavy atom. The number of hydrogen-bond acceptors (Lipinski definition) is 7. The van der Waals surface area contributed by atoms with E-state index in [1.54, 1.807) is 12.1 Å². The van der Waals surface area contributed by atoms with Crippen LogP contribution in [0, 0.1) is 11.3 Å². The van der Waals surface area contributed by atoms with Gasteiger partial charge in [-0.05, 0) is 31.5 Å². The lowest BCUT2D eigenvalue weighted by molar-refractivity contribution is -0.0397. The minimum atomic E-state index is -0.388. The second-order valence-corrected chi connectivity index (χ2v) is 9.67. The van der Waals surface area contributed by atoms with Gasteiger partial charge in [0.2, 0.25) is 0 Å². The summed E-state index contributed by atoms with van der Waals surface area (Å²) in [6, 6.07) is 21.3. The van der Waals surface area contributed by atoms with Crippen molar-refractivity contribution in [2.24, 2.45) is 0 Å². The minimum Gasteiger partial charge on any atom is -0.370 e. The number of aromatic nitrogens is 3. The highest BCUT2D eigenvalue weighted by atomic mass is 32.2. The fourth-order valence-electron chi connectivity index (χ4n) is 4.13. The van der Waals surface area contributed by atoms with Crippen molar-refractivity contribution < 1.29 is 9.53 Å². The molecule has 0 radical (unpaired) electrons. The van der Waals surface area contributed by atoms with Crippen LogP contribution in [0.15, 0.2) is 65.8 Å². The highest BCUT2D eigenvalue weighted by Gasteiger charge is 2.33. The molecule has 7 nitrogen and oxygen atoms in total. The molecule has 4 aromatic rings. The quantitative estimate of drug-likeness (QED) is 0.308. The number of benzene rings is 2. The van der Waals surface area contributed by atoms with E-state index < -0.39 is 0 Å². The molecule has 0 aliphatic carbocycles. The molecule has 2 aromatic heterocycles. The summed E-state index contributed by atoms with van der Waals surface area (Å²) in [6.45, 7) is 4.38. The molecule has 1 N–H and O–H groups in total. The maximum absolute atomic E-state index is 12.7. The Hall–Kier alpha value is -3.67. The van der Waals surface area contributed by atoms with Crippen molar-refractivity contribution in [1.29, 1.82) is 5.26 Å². The summed E-state index contributed by atoms with van der Waals surface area (Å²) in [5, 5.41) is 23.0. The van der Waals surface area contributed by atoms with Gasteiger partial charge in [-0.15, -0.1) is 10.2 Å². The number of fused-ring (bicyclic) bond motifs is 3. The van der Waals surface area contributed by atoms with Gasteiger partial charge in [-0.25, -0.2) is 0 Å². The van der Waals surface area contributed by atoms with Crippen LogP contribution in [-0.2, 0) is 17.8 Å². The maximum atomic E-state index is 12.7. The number of rotatable bonds is 6. The zero-order valence-electron chi connectivity index (χ0n) is 18.9. The van der Waals surface area contributed by atoms with E-state index in [1.807, 2.05) is 66.8 Å². The van der Waals surface area contributed by atoms with Gasteiger partial charge in [0, 0.05) is 23.2 Å². The molecule has 0 saturated carbocycles. The topological polar surface area (TPSA) is 92.3 Å². The molecule has 1 aliphatic rings. The third-order valence-corrected chi connectivity index (χ3v) is 6.74. The van der Waals surface area contributed by atoms with Gasteiger partial charge in [0.15, 0.2) is 16.6 Å². The number of nitrogens with one attached hydrogen (secondary N) is 1. The first-order valence-corrected chi connectivity index (χ1v) is 12.0. The molecule has 1 aliphatic heterocycles. The van der Waals surface area contributed by atoms with Gasteiger partial charge >= 0.3 is 0 Å². The number of para-hydroxylation sites is 1. The molecular formula is C26H23N5O2S. The second kappa shape index (κ2) is 8.93. The summed E-state index contributed by atoms with van der Waals surface area (Å²) in [6.07, 6.45) is 0.590. The lowest BCUT2D eigenvalue weighted by Crippen LogP contribution is -2.33. The van der Waals surface area contributed by atoms with Gasteiger partial charge in [0.1, 0.15) is 11.9 Å². The predicted molar refractivity (Wildman–Crippen MR) is 131 cm³/mol. The monoisotopic (exact) mass is 469 g/mol. The number of anilines is 2. The van der Waals surface area contributed by atoms with Crippen molar-refractivity contribution in [3.63, 3.8) is 0 Å². The number of pyridine rings is 1. The van der Waals surface area contributed by atoms with Crippen molar-refractivity contribution >= 4 is 34.7 Å². The Kier molecular flexibility index (Phi) is 5.82. The van der Waals surface area contributed by atoms with E-state index in [2.05, 4.69) is 21.6 Å². The molecule has 2 aromatic carbocycles. The molecule has 0 fully saturated rings. The molecule has 34 heavy (non-hydrogen) atoms. The number of Topliss-reactive ketones (excluding diaryl/α,β-unsaturated/α-hetero) is 1. The maximum Gasteiger partial charge on any atom is 0.197 e. The standard InChI is InChI=1S/C26H23N5O2S/c1-26(2)13-19-20(14-27)23(28-18-11-7-4-8-12-18)31-24(21(19)15-33-26)29-30-25(31)34-16-22(32)17-9-5-3-6-10-17/h3-12,28H,13,15-16H2,1-2H3. The molecule has 0 amide bonds. The third kappa shape index (κ3) is 4.16. The van der Waals surface area contributed by atoms with E-state index in [9.17, 15) is 10.1 Å². The minimum absolute atomic E-state index is 0.00321. The summed E-state index contributed by atoms with van der Waals surface area (Å²) in [5.41, 5.74) is 4.07. The average Bonchev–Trinajstić information content (AvgIpc) is 3.27. The zero-order chi connectivity index (χ0) is 23.7. The summed E-state index contributed by atoms with van der Waals surface area (Å²) in [7, 11) is 0. The van der Waals surface area contributed by atoms with Gasteiger partial charge < -0.3 is 10.1 Å². The summed E-state index contributed by atoms with van der Waals surface area (Å²) >= 11 is 1.30. The largest absolute Gasteiger partial charge is 0.370 e. The number of nitrogens with zero attached hydrogens (tertiary/aromatic N) is 4. The lowest BCUT2D eigenvalue weighted by atomic mass is 9.89. The van der Waals surface area contributed by atoms with Crippen molar-refractivity contribution in [3.05, 3.63) is 82.9 Å². The van der Waals surface area contributed by atoms with Crippen LogP contribution in [0.2, 0.25) is 0 Å². The van der Waals surface area contributed by atoms with E-state index in [1.165, 1.54) is 11.8 Å². The number of carbonyl (C=O) groups excluding carboxylic acids is 1. The molecule has 5 rings (SSSR count). The normalized spacial score (nSPS) is 14.4. The van der Waals surface area contributed by atoms with Crippen LogP contribution in [0.5, 0.6) is 0 Å². The Balaban J connectivity index is 1.62. The molecule has 3 heterocycles. The molecular weight excluding hydrogens is 446 g/mol. The number of thioether (sulfide) groups is 1. The molecule has 0 unspecified atom stereocenters. The van der Waals surface area contributed by atoms with Gasteiger partial charge in [0.25, 0.3) is 0 Å². The van der Waals surface area contributed by atoms with E-state index in [0.717, 1.165) is 16.8 Å². The zero-order valence-corrected chi connectivity index (χ0v) is 19.7. The van der Waals surface area contributed by atoms with Crippen molar-refractivity contribution in [2.75, 3.05) is 11.1 Å². The van der Waals surface area contributed by atoms with Gasteiger partial charge in [-0.3, -0.25) is 9.20 Å². The predicted octanol–water partition coefficient (Wildman–Crippen LogP) is 5.17. The van der Waals surface area contributed by atoms with Crippen LogP contribution in [0.4, 0.5) is 11.5 Å². The summed E-state index contributed by atoms with van der Waals surface area (Å²) in [5.74, 6) is 0.807. The van der Waals surface area contributed by atoms with Crippen LogP contribution in [0.25, 0.3) is 5.65 Å². The number of hydrogen-bond donors (Lipinski definition) is 1. The summed E-state index contributed by atoms with van der Waals surface area (Å²) in [4.78, 5) is 12.7. The fourth-order valence-corrected chi connectivity index (χ4v) is 4.96. The van der Waals surface area contributed by atoms with E-state index >= 15 is 0 Å². The van der Waals surface area contributed by atoms with Crippen LogP contribution in [-0.4, -0.2) is 31.7 Å². The lowest BCUT2D eigenvalue weighted by Gasteiger charge is -2.33.